The molecule has 0 aromatic heterocycles. The Kier molecular flexibility index (Phi) is 5.35. The maximum absolute atomic E-state index is 12.0. The Labute approximate surface area is 124 Å². The van der Waals surface area contributed by atoms with Crippen molar-refractivity contribution in [3.8, 4) is 0 Å². The van der Waals surface area contributed by atoms with Gasteiger partial charge in [0.25, 0.3) is 0 Å². The van der Waals surface area contributed by atoms with Crippen LogP contribution in [0.1, 0.15) is 16.8 Å². The van der Waals surface area contributed by atoms with Gasteiger partial charge >= 0.3 is 5.97 Å². The van der Waals surface area contributed by atoms with Gasteiger partial charge in [-0.3, -0.25) is 4.79 Å². The molecule has 0 saturated heterocycles. The molecule has 0 unspecified atom stereocenters. The summed E-state index contributed by atoms with van der Waals surface area (Å²) in [5.74, 6) is -2.10. The molecule has 0 atom stereocenters. The Morgan fingerprint density at radius 1 is 1.30 bits per heavy atom. The lowest BCUT2D eigenvalue weighted by molar-refractivity contribution is -0.117. The molecule has 1 aromatic carbocycles. The van der Waals surface area contributed by atoms with Crippen LogP contribution in [-0.2, 0) is 14.8 Å². The average Bonchev–Trinajstić information content (AvgIpc) is 2.30. The first-order chi connectivity index (χ1) is 9.15. The van der Waals surface area contributed by atoms with Crippen molar-refractivity contribution in [3.05, 3.63) is 27.7 Å². The standard InChI is InChI=1S/C10H10Cl2N2O5S/c11-5-3-6(10(16)17)9(12)7(4-5)20(18,19)14-2-1-8(13)15/h3-4,14H,1-2H2,(H2,13,15)(H,16,17). The molecule has 10 heteroatoms. The normalized spacial score (nSPS) is 11.3. The third kappa shape index (κ3) is 4.07. The highest BCUT2D eigenvalue weighted by Gasteiger charge is 2.23. The largest absolute Gasteiger partial charge is 0.478 e. The third-order valence-corrected chi connectivity index (χ3v) is 4.41. The van der Waals surface area contributed by atoms with E-state index in [0.717, 1.165) is 12.1 Å². The van der Waals surface area contributed by atoms with Gasteiger partial charge in [0.2, 0.25) is 15.9 Å². The molecule has 0 fully saturated rings. The second-order valence-electron chi connectivity index (χ2n) is 3.68. The molecule has 0 aliphatic carbocycles. The van der Waals surface area contributed by atoms with Gasteiger partial charge in [0, 0.05) is 18.0 Å². The number of benzene rings is 1. The number of carboxylic acid groups (broad SMARTS) is 1. The Morgan fingerprint density at radius 2 is 1.90 bits per heavy atom. The second-order valence-corrected chi connectivity index (χ2v) is 6.23. The zero-order chi connectivity index (χ0) is 15.5. The van der Waals surface area contributed by atoms with Crippen LogP contribution in [0, 0.1) is 0 Å². The summed E-state index contributed by atoms with van der Waals surface area (Å²) in [7, 11) is -4.10. The quantitative estimate of drug-likeness (QED) is 0.707. The highest BCUT2D eigenvalue weighted by molar-refractivity contribution is 7.89. The summed E-state index contributed by atoms with van der Waals surface area (Å²) in [6.45, 7) is -0.233. The van der Waals surface area contributed by atoms with Crippen LogP contribution in [0.5, 0.6) is 0 Å². The second kappa shape index (κ2) is 6.40. The molecule has 1 aromatic rings. The van der Waals surface area contributed by atoms with Crippen molar-refractivity contribution >= 4 is 45.1 Å². The zero-order valence-electron chi connectivity index (χ0n) is 9.89. The van der Waals surface area contributed by atoms with Crippen molar-refractivity contribution < 1.29 is 23.1 Å². The minimum atomic E-state index is -4.10. The molecule has 0 heterocycles. The fourth-order valence-corrected chi connectivity index (χ4v) is 3.23. The van der Waals surface area contributed by atoms with Crippen LogP contribution in [-0.4, -0.2) is 31.9 Å². The fraction of sp³-hybridized carbons (Fsp3) is 0.200. The summed E-state index contributed by atoms with van der Waals surface area (Å²) in [6, 6.07) is 2.05. The number of rotatable bonds is 6. The first kappa shape index (κ1) is 16.7. The van der Waals surface area contributed by atoms with E-state index in [4.69, 9.17) is 34.0 Å². The highest BCUT2D eigenvalue weighted by atomic mass is 35.5. The predicted molar refractivity (Wildman–Crippen MR) is 72.4 cm³/mol. The monoisotopic (exact) mass is 340 g/mol. The van der Waals surface area contributed by atoms with Crippen LogP contribution in [0.2, 0.25) is 10.0 Å². The van der Waals surface area contributed by atoms with Gasteiger partial charge in [-0.15, -0.1) is 0 Å². The summed E-state index contributed by atoms with van der Waals surface area (Å²) < 4.78 is 26.0. The van der Waals surface area contributed by atoms with Gasteiger partial charge in [0.15, 0.2) is 0 Å². The lowest BCUT2D eigenvalue weighted by Gasteiger charge is -2.10. The number of halogens is 2. The van der Waals surface area contributed by atoms with E-state index in [9.17, 15) is 18.0 Å². The Bertz CT molecular complexity index is 660. The number of primary amides is 1. The first-order valence-electron chi connectivity index (χ1n) is 5.15. The van der Waals surface area contributed by atoms with Crippen LogP contribution in [0.15, 0.2) is 17.0 Å². The number of carbonyl (C=O) groups is 2. The zero-order valence-corrected chi connectivity index (χ0v) is 12.2. The lowest BCUT2D eigenvalue weighted by atomic mass is 10.2. The summed E-state index contributed by atoms with van der Waals surface area (Å²) in [5, 5.41) is 8.35. The number of nitrogens with one attached hydrogen (secondary N) is 1. The van der Waals surface area contributed by atoms with E-state index in [-0.39, 0.29) is 18.0 Å². The number of carboxylic acids is 1. The molecular weight excluding hydrogens is 331 g/mol. The lowest BCUT2D eigenvalue weighted by Crippen LogP contribution is -2.28. The van der Waals surface area contributed by atoms with Crippen LogP contribution in [0.3, 0.4) is 0 Å². The molecule has 110 valence electrons. The van der Waals surface area contributed by atoms with Gasteiger partial charge in [0.1, 0.15) is 4.90 Å². The molecule has 0 radical (unpaired) electrons. The SMILES string of the molecule is NC(=O)CCNS(=O)(=O)c1cc(Cl)cc(C(=O)O)c1Cl. The molecule has 1 rings (SSSR count). The van der Waals surface area contributed by atoms with Gasteiger partial charge in [0.05, 0.1) is 10.6 Å². The number of nitrogens with two attached hydrogens (primary N) is 1. The van der Waals surface area contributed by atoms with E-state index >= 15 is 0 Å². The molecular formula is C10H10Cl2N2O5S. The van der Waals surface area contributed by atoms with Crippen molar-refractivity contribution in [1.82, 2.24) is 4.72 Å². The van der Waals surface area contributed by atoms with Crippen LogP contribution in [0.4, 0.5) is 0 Å². The Hall–Kier alpha value is -1.35. The number of hydrogen-bond acceptors (Lipinski definition) is 4. The highest BCUT2D eigenvalue weighted by Crippen LogP contribution is 2.29. The molecule has 4 N–H and O–H groups in total. The van der Waals surface area contributed by atoms with E-state index in [1.54, 1.807) is 0 Å². The molecule has 1 amide bonds. The van der Waals surface area contributed by atoms with Gasteiger partial charge < -0.3 is 10.8 Å². The first-order valence-corrected chi connectivity index (χ1v) is 7.39. The van der Waals surface area contributed by atoms with E-state index in [0.29, 0.717) is 0 Å². The summed E-state index contributed by atoms with van der Waals surface area (Å²) >= 11 is 11.4. The van der Waals surface area contributed by atoms with Gasteiger partial charge in [-0.25, -0.2) is 17.9 Å². The van der Waals surface area contributed by atoms with Gasteiger partial charge in [-0.1, -0.05) is 23.2 Å². The van der Waals surface area contributed by atoms with Crippen molar-refractivity contribution in [2.24, 2.45) is 5.73 Å². The number of amides is 1. The van der Waals surface area contributed by atoms with E-state index < -0.39 is 37.4 Å². The van der Waals surface area contributed by atoms with Crippen molar-refractivity contribution in [2.75, 3.05) is 6.54 Å². The molecule has 0 aliphatic rings. The van der Waals surface area contributed by atoms with Crippen molar-refractivity contribution in [1.29, 1.82) is 0 Å². The van der Waals surface area contributed by atoms with Crippen LogP contribution in [0.25, 0.3) is 0 Å². The maximum atomic E-state index is 12.0. The molecule has 0 saturated carbocycles. The number of carbonyl (C=O) groups excluding carboxylic acids is 1. The van der Waals surface area contributed by atoms with E-state index in [1.165, 1.54) is 0 Å². The Balaban J connectivity index is 3.18. The average molecular weight is 341 g/mol. The number of aromatic carboxylic acids is 1. The van der Waals surface area contributed by atoms with E-state index in [1.807, 2.05) is 0 Å². The van der Waals surface area contributed by atoms with Crippen LogP contribution >= 0.6 is 23.2 Å². The molecule has 7 nitrogen and oxygen atoms in total. The van der Waals surface area contributed by atoms with Gasteiger partial charge in [-0.2, -0.15) is 0 Å². The summed E-state index contributed by atoms with van der Waals surface area (Å²) in [5.41, 5.74) is 4.44. The fourth-order valence-electron chi connectivity index (χ4n) is 1.30. The minimum Gasteiger partial charge on any atom is -0.478 e. The minimum absolute atomic E-state index is 0.0953. The number of hydrogen-bond donors (Lipinski definition) is 3. The number of sulfonamides is 1. The molecule has 20 heavy (non-hydrogen) atoms. The van der Waals surface area contributed by atoms with Gasteiger partial charge in [-0.05, 0) is 12.1 Å². The summed E-state index contributed by atoms with van der Waals surface area (Å²) in [6.07, 6.45) is -0.205. The topological polar surface area (TPSA) is 127 Å². The smallest absolute Gasteiger partial charge is 0.337 e. The molecule has 0 aliphatic heterocycles. The molecule has 0 bridgehead atoms. The third-order valence-electron chi connectivity index (χ3n) is 2.19. The van der Waals surface area contributed by atoms with Crippen molar-refractivity contribution in [3.63, 3.8) is 0 Å². The van der Waals surface area contributed by atoms with Crippen LogP contribution < -0.4 is 10.5 Å². The molecule has 0 spiro atoms. The van der Waals surface area contributed by atoms with E-state index in [2.05, 4.69) is 4.72 Å². The predicted octanol–water partition coefficient (Wildman–Crippen LogP) is 0.845. The summed E-state index contributed by atoms with van der Waals surface area (Å²) in [4.78, 5) is 21.0. The van der Waals surface area contributed by atoms with Crippen molar-refractivity contribution in [2.45, 2.75) is 11.3 Å². The Morgan fingerprint density at radius 3 is 2.40 bits per heavy atom. The maximum Gasteiger partial charge on any atom is 0.337 e.